The van der Waals surface area contributed by atoms with E-state index in [4.69, 9.17) is 0 Å². The molecule has 0 bridgehead atoms. The predicted octanol–water partition coefficient (Wildman–Crippen LogP) is 1.60. The second-order valence-corrected chi connectivity index (χ2v) is 8.04. The third-order valence-electron chi connectivity index (χ3n) is 4.29. The zero-order chi connectivity index (χ0) is 18.1. The fraction of sp³-hybridized carbons (Fsp3) is 0.500. The molecule has 0 aliphatic carbocycles. The quantitative estimate of drug-likeness (QED) is 0.542. The van der Waals surface area contributed by atoms with Crippen LogP contribution in [0.3, 0.4) is 0 Å². The minimum Gasteiger partial charge on any atom is -0.353 e. The van der Waals surface area contributed by atoms with Gasteiger partial charge in [-0.2, -0.15) is 0 Å². The Labute approximate surface area is 150 Å². The van der Waals surface area contributed by atoms with E-state index in [-0.39, 0.29) is 10.8 Å². The number of likely N-dealkylation sites (tertiary alicyclic amines) is 1. The summed E-state index contributed by atoms with van der Waals surface area (Å²) in [6.07, 6.45) is 8.00. The summed E-state index contributed by atoms with van der Waals surface area (Å²) >= 11 is 0. The van der Waals surface area contributed by atoms with Crippen LogP contribution in [0.15, 0.2) is 35.2 Å². The number of piperidine rings is 1. The fourth-order valence-electron chi connectivity index (χ4n) is 2.80. The van der Waals surface area contributed by atoms with Gasteiger partial charge in [-0.15, -0.1) is 0 Å². The number of amides is 1. The third-order valence-corrected chi connectivity index (χ3v) is 5.72. The van der Waals surface area contributed by atoms with E-state index in [1.165, 1.54) is 57.6 Å². The Morgan fingerprint density at radius 2 is 1.84 bits per heavy atom. The van der Waals surface area contributed by atoms with Gasteiger partial charge in [0.25, 0.3) is 0 Å². The molecular weight excluding hydrogens is 338 g/mol. The Bertz CT molecular complexity index is 678. The van der Waals surface area contributed by atoms with Crippen LogP contribution in [0.1, 0.15) is 31.2 Å². The zero-order valence-electron chi connectivity index (χ0n) is 14.7. The van der Waals surface area contributed by atoms with E-state index in [1.54, 1.807) is 18.2 Å². The summed E-state index contributed by atoms with van der Waals surface area (Å²) < 4.78 is 25.6. The van der Waals surface area contributed by atoms with Crippen molar-refractivity contribution in [1.29, 1.82) is 0 Å². The molecule has 1 saturated heterocycles. The lowest BCUT2D eigenvalue weighted by atomic mass is 10.1. The van der Waals surface area contributed by atoms with Crippen molar-refractivity contribution in [2.24, 2.45) is 0 Å². The first-order chi connectivity index (χ1) is 12.0. The van der Waals surface area contributed by atoms with Crippen LogP contribution >= 0.6 is 0 Å². The highest BCUT2D eigenvalue weighted by Crippen LogP contribution is 2.11. The molecule has 1 aromatic rings. The Morgan fingerprint density at radius 3 is 2.48 bits per heavy atom. The molecule has 1 aromatic carbocycles. The van der Waals surface area contributed by atoms with Gasteiger partial charge in [-0.3, -0.25) is 4.79 Å². The summed E-state index contributed by atoms with van der Waals surface area (Å²) in [5.41, 5.74) is 0.776. The topological polar surface area (TPSA) is 78.5 Å². The van der Waals surface area contributed by atoms with Crippen LogP contribution in [0.25, 0.3) is 6.08 Å². The number of hydrogen-bond acceptors (Lipinski definition) is 4. The first-order valence-corrected chi connectivity index (χ1v) is 10.2. The summed E-state index contributed by atoms with van der Waals surface area (Å²) in [6, 6.07) is 6.37. The van der Waals surface area contributed by atoms with Gasteiger partial charge >= 0.3 is 0 Å². The number of hydrogen-bond donors (Lipinski definition) is 2. The van der Waals surface area contributed by atoms with Crippen LogP contribution in [0.4, 0.5) is 0 Å². The maximum atomic E-state index is 11.8. The Morgan fingerprint density at radius 1 is 1.16 bits per heavy atom. The molecule has 1 heterocycles. The highest BCUT2D eigenvalue weighted by atomic mass is 32.2. The summed E-state index contributed by atoms with van der Waals surface area (Å²) in [6.45, 7) is 4.05. The van der Waals surface area contributed by atoms with E-state index >= 15 is 0 Å². The van der Waals surface area contributed by atoms with Gasteiger partial charge in [-0.1, -0.05) is 18.6 Å². The number of benzene rings is 1. The van der Waals surface area contributed by atoms with Crippen LogP contribution < -0.4 is 10.0 Å². The molecular formula is C18H27N3O3S. The van der Waals surface area contributed by atoms with Crippen molar-refractivity contribution in [2.45, 2.75) is 30.6 Å². The van der Waals surface area contributed by atoms with Crippen molar-refractivity contribution < 1.29 is 13.2 Å². The predicted molar refractivity (Wildman–Crippen MR) is 99.6 cm³/mol. The van der Waals surface area contributed by atoms with E-state index in [9.17, 15) is 13.2 Å². The molecule has 1 aliphatic heterocycles. The molecule has 0 spiro atoms. The number of rotatable bonds is 8. The molecule has 0 radical (unpaired) electrons. The zero-order valence-corrected chi connectivity index (χ0v) is 15.5. The molecule has 138 valence electrons. The highest BCUT2D eigenvalue weighted by Gasteiger charge is 2.10. The molecule has 6 nitrogen and oxygen atoms in total. The Balaban J connectivity index is 1.72. The lowest BCUT2D eigenvalue weighted by molar-refractivity contribution is -0.116. The molecule has 0 atom stereocenters. The van der Waals surface area contributed by atoms with Gasteiger partial charge in [0.1, 0.15) is 0 Å². The maximum absolute atomic E-state index is 11.8. The van der Waals surface area contributed by atoms with E-state index in [1.807, 2.05) is 0 Å². The molecule has 0 aromatic heterocycles. The molecule has 1 fully saturated rings. The van der Waals surface area contributed by atoms with E-state index < -0.39 is 10.0 Å². The van der Waals surface area contributed by atoms with Crippen molar-refractivity contribution in [3.05, 3.63) is 35.9 Å². The van der Waals surface area contributed by atoms with Gasteiger partial charge < -0.3 is 10.2 Å². The van der Waals surface area contributed by atoms with Gasteiger partial charge in [0.2, 0.25) is 15.9 Å². The maximum Gasteiger partial charge on any atom is 0.243 e. The van der Waals surface area contributed by atoms with Crippen LogP contribution in [0, 0.1) is 0 Å². The van der Waals surface area contributed by atoms with Crippen molar-refractivity contribution in [3.8, 4) is 0 Å². The lowest BCUT2D eigenvalue weighted by Gasteiger charge is -2.26. The fourth-order valence-corrected chi connectivity index (χ4v) is 3.53. The van der Waals surface area contributed by atoms with Gasteiger partial charge in [0.15, 0.2) is 0 Å². The number of carbonyl (C=O) groups is 1. The Kier molecular flexibility index (Phi) is 7.61. The second-order valence-electron chi connectivity index (χ2n) is 6.16. The van der Waals surface area contributed by atoms with Gasteiger partial charge in [-0.25, -0.2) is 13.1 Å². The molecule has 0 unspecified atom stereocenters. The molecule has 0 saturated carbocycles. The summed E-state index contributed by atoms with van der Waals surface area (Å²) in [5.74, 6) is -0.134. The van der Waals surface area contributed by atoms with Crippen molar-refractivity contribution in [2.75, 3.05) is 33.2 Å². The minimum absolute atomic E-state index is 0.134. The number of nitrogens with zero attached hydrogens (tertiary/aromatic N) is 1. The average molecular weight is 365 g/mol. The summed E-state index contributed by atoms with van der Waals surface area (Å²) in [4.78, 5) is 14.5. The highest BCUT2D eigenvalue weighted by molar-refractivity contribution is 7.89. The van der Waals surface area contributed by atoms with Gasteiger partial charge in [-0.05, 0) is 69.7 Å². The standard InChI is InChI=1S/C18H27N3O3S/c1-19-25(23,24)17-9-6-16(7-10-17)8-11-18(22)20-12-5-15-21-13-3-2-4-14-21/h6-11,19H,2-5,12-15H2,1H3,(H,20,22)/b11-8+. The second kappa shape index (κ2) is 9.70. The number of nitrogens with one attached hydrogen (secondary N) is 2. The molecule has 1 amide bonds. The third kappa shape index (κ3) is 6.61. The average Bonchev–Trinajstić information content (AvgIpc) is 2.65. The van der Waals surface area contributed by atoms with Crippen molar-refractivity contribution in [1.82, 2.24) is 14.9 Å². The van der Waals surface area contributed by atoms with E-state index in [0.29, 0.717) is 6.54 Å². The van der Waals surface area contributed by atoms with Crippen LogP contribution in [-0.4, -0.2) is 52.5 Å². The minimum atomic E-state index is -3.43. The van der Waals surface area contributed by atoms with E-state index in [0.717, 1.165) is 18.5 Å². The van der Waals surface area contributed by atoms with Gasteiger partial charge in [0.05, 0.1) is 4.90 Å². The molecule has 1 aliphatic rings. The monoisotopic (exact) mass is 365 g/mol. The number of sulfonamides is 1. The summed E-state index contributed by atoms with van der Waals surface area (Å²) in [7, 11) is -2.05. The van der Waals surface area contributed by atoms with Crippen LogP contribution in [0.5, 0.6) is 0 Å². The van der Waals surface area contributed by atoms with Crippen LogP contribution in [0.2, 0.25) is 0 Å². The summed E-state index contributed by atoms with van der Waals surface area (Å²) in [5, 5.41) is 2.88. The van der Waals surface area contributed by atoms with E-state index in [2.05, 4.69) is 14.9 Å². The lowest BCUT2D eigenvalue weighted by Crippen LogP contribution is -2.33. The molecule has 2 rings (SSSR count). The molecule has 25 heavy (non-hydrogen) atoms. The SMILES string of the molecule is CNS(=O)(=O)c1ccc(/C=C/C(=O)NCCCN2CCCCC2)cc1. The normalized spacial score (nSPS) is 16.2. The van der Waals surface area contributed by atoms with Gasteiger partial charge in [0, 0.05) is 12.6 Å². The van der Waals surface area contributed by atoms with Crippen molar-refractivity contribution in [3.63, 3.8) is 0 Å². The van der Waals surface area contributed by atoms with Crippen molar-refractivity contribution >= 4 is 22.0 Å². The first-order valence-electron chi connectivity index (χ1n) is 8.73. The number of carbonyl (C=O) groups excluding carboxylic acids is 1. The molecule has 2 N–H and O–H groups in total. The Hall–Kier alpha value is -1.70. The molecule has 7 heteroatoms. The first kappa shape index (κ1) is 19.6. The largest absolute Gasteiger partial charge is 0.353 e. The smallest absolute Gasteiger partial charge is 0.243 e. The van der Waals surface area contributed by atoms with Crippen LogP contribution in [-0.2, 0) is 14.8 Å².